The van der Waals surface area contributed by atoms with Crippen molar-refractivity contribution in [3.63, 3.8) is 0 Å². The molecule has 0 spiro atoms. The summed E-state index contributed by atoms with van der Waals surface area (Å²) < 4.78 is 2.02. The Morgan fingerprint density at radius 3 is 2.62 bits per heavy atom. The molecule has 3 N–H and O–H groups in total. The lowest BCUT2D eigenvalue weighted by molar-refractivity contribution is -0.118. The summed E-state index contributed by atoms with van der Waals surface area (Å²) in [5, 5.41) is 8.57. The molecule has 1 fully saturated rings. The van der Waals surface area contributed by atoms with Crippen LogP contribution in [0.2, 0.25) is 0 Å². The largest absolute Gasteiger partial charge is 0.350 e. The van der Waals surface area contributed by atoms with E-state index in [0.717, 1.165) is 11.4 Å². The minimum atomic E-state index is -0.278. The van der Waals surface area contributed by atoms with E-state index in [1.54, 1.807) is 17.0 Å². The Morgan fingerprint density at radius 2 is 1.94 bits per heavy atom. The number of imidazole rings is 1. The normalized spacial score (nSPS) is 13.4. The van der Waals surface area contributed by atoms with E-state index >= 15 is 0 Å². The molecule has 1 saturated heterocycles. The van der Waals surface area contributed by atoms with Crippen molar-refractivity contribution < 1.29 is 14.4 Å². The van der Waals surface area contributed by atoms with Crippen molar-refractivity contribution in [1.82, 2.24) is 25.1 Å². The van der Waals surface area contributed by atoms with Crippen LogP contribution in [-0.4, -0.2) is 58.5 Å². The first-order valence-electron chi connectivity index (χ1n) is 11.5. The lowest BCUT2D eigenvalue weighted by Gasteiger charge is -2.16. The second kappa shape index (κ2) is 9.94. The minimum absolute atomic E-state index is 0.119. The second-order valence-corrected chi connectivity index (χ2v) is 8.74. The number of urea groups is 1. The number of carbonyl (C=O) groups excluding carboxylic acids is 3. The average Bonchev–Trinajstić information content (AvgIpc) is 3.36. The van der Waals surface area contributed by atoms with E-state index in [2.05, 4.69) is 20.9 Å². The quantitative estimate of drug-likeness (QED) is 0.478. The predicted molar refractivity (Wildman–Crippen MR) is 131 cm³/mol. The SMILES string of the molecule is Cc1nc2cc(NC(=O)C(C)C)cc(C(=O)NCCN3CCNC3=O)c2n1Cc1ccccc1. The number of hydrogen-bond acceptors (Lipinski definition) is 4. The summed E-state index contributed by atoms with van der Waals surface area (Å²) in [6.45, 7) is 8.08. The van der Waals surface area contributed by atoms with Gasteiger partial charge in [0.1, 0.15) is 5.82 Å². The maximum absolute atomic E-state index is 13.3. The van der Waals surface area contributed by atoms with Gasteiger partial charge in [-0.3, -0.25) is 9.59 Å². The van der Waals surface area contributed by atoms with Crippen LogP contribution in [-0.2, 0) is 11.3 Å². The number of fused-ring (bicyclic) bond motifs is 1. The van der Waals surface area contributed by atoms with Crippen LogP contribution in [0.5, 0.6) is 0 Å². The minimum Gasteiger partial charge on any atom is -0.350 e. The van der Waals surface area contributed by atoms with Gasteiger partial charge in [-0.25, -0.2) is 9.78 Å². The van der Waals surface area contributed by atoms with Crippen LogP contribution in [0.1, 0.15) is 35.6 Å². The van der Waals surface area contributed by atoms with Crippen LogP contribution in [0.25, 0.3) is 11.0 Å². The van der Waals surface area contributed by atoms with Crippen LogP contribution >= 0.6 is 0 Å². The molecular weight excluding hydrogens is 432 g/mol. The highest BCUT2D eigenvalue weighted by Crippen LogP contribution is 2.27. The zero-order valence-electron chi connectivity index (χ0n) is 19.7. The van der Waals surface area contributed by atoms with Gasteiger partial charge in [0.15, 0.2) is 0 Å². The van der Waals surface area contributed by atoms with Crippen LogP contribution < -0.4 is 16.0 Å². The number of nitrogens with zero attached hydrogens (tertiary/aromatic N) is 3. The molecule has 4 rings (SSSR count). The van der Waals surface area contributed by atoms with E-state index in [1.165, 1.54) is 0 Å². The van der Waals surface area contributed by atoms with Crippen LogP contribution in [0, 0.1) is 12.8 Å². The molecule has 1 aromatic heterocycles. The van der Waals surface area contributed by atoms with E-state index in [1.807, 2.05) is 55.7 Å². The van der Waals surface area contributed by atoms with E-state index in [4.69, 9.17) is 0 Å². The van der Waals surface area contributed by atoms with Crippen LogP contribution in [0.4, 0.5) is 10.5 Å². The van der Waals surface area contributed by atoms with Gasteiger partial charge in [0, 0.05) is 44.3 Å². The maximum atomic E-state index is 13.3. The molecule has 0 aliphatic carbocycles. The fourth-order valence-corrected chi connectivity index (χ4v) is 4.00. The standard InChI is InChI=1S/C25H30N6O3/c1-16(2)23(32)29-19-13-20(24(33)26-9-11-30-12-10-27-25(30)34)22-21(14-19)28-17(3)31(22)15-18-7-5-4-6-8-18/h4-8,13-14,16H,9-12,15H2,1-3H3,(H,26,33)(H,27,34)(H,29,32). The Bertz CT molecular complexity index is 1220. The van der Waals surface area contributed by atoms with Gasteiger partial charge < -0.3 is 25.4 Å². The van der Waals surface area contributed by atoms with E-state index in [0.29, 0.717) is 55.0 Å². The first-order valence-corrected chi connectivity index (χ1v) is 11.5. The first kappa shape index (κ1) is 23.3. The summed E-state index contributed by atoms with van der Waals surface area (Å²) in [5.74, 6) is 0.164. The topological polar surface area (TPSA) is 108 Å². The van der Waals surface area contributed by atoms with Gasteiger partial charge in [-0.2, -0.15) is 0 Å². The van der Waals surface area contributed by atoms with Gasteiger partial charge in [0.25, 0.3) is 5.91 Å². The number of amides is 4. The molecular formula is C25H30N6O3. The van der Waals surface area contributed by atoms with Gasteiger partial charge >= 0.3 is 6.03 Å². The Balaban J connectivity index is 1.67. The van der Waals surface area contributed by atoms with Gasteiger partial charge in [0.05, 0.1) is 16.6 Å². The molecule has 2 heterocycles. The number of aryl methyl sites for hydroxylation is 1. The number of benzene rings is 2. The Kier molecular flexibility index (Phi) is 6.81. The number of anilines is 1. The van der Waals surface area contributed by atoms with Gasteiger partial charge in [-0.1, -0.05) is 44.2 Å². The zero-order chi connectivity index (χ0) is 24.2. The molecule has 4 amide bonds. The summed E-state index contributed by atoms with van der Waals surface area (Å²) in [6, 6.07) is 13.4. The molecule has 0 radical (unpaired) electrons. The third kappa shape index (κ3) is 5.03. The van der Waals surface area contributed by atoms with E-state index < -0.39 is 0 Å². The Hall–Kier alpha value is -3.88. The first-order chi connectivity index (χ1) is 16.3. The van der Waals surface area contributed by atoms with Gasteiger partial charge in [-0.05, 0) is 24.6 Å². The molecule has 34 heavy (non-hydrogen) atoms. The van der Waals surface area contributed by atoms with Gasteiger partial charge in [0.2, 0.25) is 5.91 Å². The Morgan fingerprint density at radius 1 is 1.18 bits per heavy atom. The van der Waals surface area contributed by atoms with Crippen molar-refractivity contribution >= 4 is 34.6 Å². The van der Waals surface area contributed by atoms with Gasteiger partial charge in [-0.15, -0.1) is 0 Å². The number of rotatable bonds is 8. The highest BCUT2D eigenvalue weighted by atomic mass is 16.2. The highest BCUT2D eigenvalue weighted by molar-refractivity contribution is 6.08. The number of nitrogens with one attached hydrogen (secondary N) is 3. The fraction of sp³-hybridized carbons (Fsp3) is 0.360. The van der Waals surface area contributed by atoms with Crippen molar-refractivity contribution in [2.75, 3.05) is 31.5 Å². The lowest BCUT2D eigenvalue weighted by atomic mass is 10.1. The summed E-state index contributed by atoms with van der Waals surface area (Å²) >= 11 is 0. The smallest absolute Gasteiger partial charge is 0.317 e. The summed E-state index contributed by atoms with van der Waals surface area (Å²) in [5.41, 5.74) is 3.39. The molecule has 2 aromatic carbocycles. The molecule has 0 saturated carbocycles. The molecule has 1 aliphatic heterocycles. The molecule has 178 valence electrons. The van der Waals surface area contributed by atoms with Crippen molar-refractivity contribution in [3.05, 3.63) is 59.4 Å². The van der Waals surface area contributed by atoms with Crippen molar-refractivity contribution in [2.45, 2.75) is 27.3 Å². The number of aromatic nitrogens is 2. The zero-order valence-corrected chi connectivity index (χ0v) is 19.7. The second-order valence-electron chi connectivity index (χ2n) is 8.74. The lowest BCUT2D eigenvalue weighted by Crippen LogP contribution is -2.37. The number of carbonyl (C=O) groups is 3. The summed E-state index contributed by atoms with van der Waals surface area (Å²) in [6.07, 6.45) is 0. The Labute approximate surface area is 198 Å². The third-order valence-corrected chi connectivity index (χ3v) is 5.87. The molecule has 3 aromatic rings. The van der Waals surface area contributed by atoms with Crippen LogP contribution in [0.15, 0.2) is 42.5 Å². The fourth-order valence-electron chi connectivity index (χ4n) is 4.00. The molecule has 0 atom stereocenters. The van der Waals surface area contributed by atoms with Crippen molar-refractivity contribution in [1.29, 1.82) is 0 Å². The van der Waals surface area contributed by atoms with Crippen LogP contribution in [0.3, 0.4) is 0 Å². The molecule has 1 aliphatic rings. The average molecular weight is 463 g/mol. The molecule has 0 unspecified atom stereocenters. The molecule has 0 bridgehead atoms. The van der Waals surface area contributed by atoms with Crippen molar-refractivity contribution in [2.24, 2.45) is 5.92 Å². The summed E-state index contributed by atoms with van der Waals surface area (Å²) in [4.78, 5) is 43.8. The monoisotopic (exact) mass is 462 g/mol. The summed E-state index contributed by atoms with van der Waals surface area (Å²) in [7, 11) is 0. The van der Waals surface area contributed by atoms with E-state index in [9.17, 15) is 14.4 Å². The molecule has 9 heteroatoms. The van der Waals surface area contributed by atoms with Crippen molar-refractivity contribution in [3.8, 4) is 0 Å². The molecule has 9 nitrogen and oxygen atoms in total. The third-order valence-electron chi connectivity index (χ3n) is 5.87. The predicted octanol–water partition coefficient (Wildman–Crippen LogP) is 2.74. The number of hydrogen-bond donors (Lipinski definition) is 3. The highest BCUT2D eigenvalue weighted by Gasteiger charge is 2.22. The maximum Gasteiger partial charge on any atom is 0.317 e. The van der Waals surface area contributed by atoms with E-state index in [-0.39, 0.29) is 23.8 Å².